The second kappa shape index (κ2) is 15.5. The van der Waals surface area contributed by atoms with Gasteiger partial charge in [0.1, 0.15) is 34.5 Å². The smallest absolute Gasteiger partial charge is 0.166 e. The average Bonchev–Trinajstić information content (AvgIpc) is 3.88. The number of aryl methyl sites for hydroxylation is 4. The highest BCUT2D eigenvalue weighted by Gasteiger charge is 2.23. The van der Waals surface area contributed by atoms with Crippen LogP contribution in [0.15, 0.2) is 162 Å². The summed E-state index contributed by atoms with van der Waals surface area (Å²) in [6.07, 6.45) is 0. The van der Waals surface area contributed by atoms with E-state index in [1.807, 2.05) is 113 Å². The third-order valence-corrected chi connectivity index (χ3v) is 11.9. The van der Waals surface area contributed by atoms with E-state index in [9.17, 15) is 0 Å². The monoisotopic (exact) mass is 854 g/mol. The number of hydrogen-bond donors (Lipinski definition) is 0. The Kier molecular flexibility index (Phi) is 9.09. The predicted molar refractivity (Wildman–Crippen MR) is 260 cm³/mol. The van der Waals surface area contributed by atoms with Gasteiger partial charge in [-0.2, -0.15) is 0 Å². The van der Waals surface area contributed by atoms with Crippen LogP contribution in [0.2, 0.25) is 0 Å². The molecule has 0 aliphatic heterocycles. The molecule has 0 bridgehead atoms. The number of aromatic nitrogens is 10. The van der Waals surface area contributed by atoms with Gasteiger partial charge in [-0.1, -0.05) is 115 Å². The van der Waals surface area contributed by atoms with Gasteiger partial charge in [-0.3, -0.25) is 0 Å². The van der Waals surface area contributed by atoms with Gasteiger partial charge in [-0.15, -0.1) is 0 Å². The van der Waals surface area contributed by atoms with E-state index in [-0.39, 0.29) is 0 Å². The van der Waals surface area contributed by atoms with Gasteiger partial charge in [0.2, 0.25) is 0 Å². The lowest BCUT2D eigenvalue weighted by Crippen LogP contribution is -2.04. The molecule has 0 atom stereocenters. The summed E-state index contributed by atoms with van der Waals surface area (Å²) in [7, 11) is 0. The summed E-state index contributed by atoms with van der Waals surface area (Å²) in [5, 5.41) is 4.20. The molecule has 7 aromatic carbocycles. The lowest BCUT2D eigenvalue weighted by atomic mass is 9.99. The maximum Gasteiger partial charge on any atom is 0.166 e. The van der Waals surface area contributed by atoms with E-state index in [0.29, 0.717) is 52.4 Å². The maximum absolute atomic E-state index is 6.25. The third-order valence-electron chi connectivity index (χ3n) is 11.9. The quantitative estimate of drug-likeness (QED) is 0.152. The Morgan fingerprint density at radius 3 is 1.35 bits per heavy atom. The van der Waals surface area contributed by atoms with Gasteiger partial charge in [0, 0.05) is 49.4 Å². The fourth-order valence-electron chi connectivity index (χ4n) is 8.97. The standard InChI is InChI=1S/C55H38N10O/c1-31-56-32(2)59-53(58-31)39-19-23-41-42-24-20-40(54-60-33(3)57-34(4)61-54)30-48(42)65(47(41)29-39)46-25-21-37(38-22-26-50-44(27-38)43-17-11-12-18-49(43)66-50)28-45(46)55-63-51(35-13-7-5-8-14-35)62-52(64-55)36-15-9-6-10-16-36/h5-30H,1-4H3. The Labute approximate surface area is 378 Å². The van der Waals surface area contributed by atoms with Crippen LogP contribution in [0.5, 0.6) is 0 Å². The minimum absolute atomic E-state index is 0.518. The number of benzene rings is 7. The maximum atomic E-state index is 6.25. The second-order valence-electron chi connectivity index (χ2n) is 16.4. The first kappa shape index (κ1) is 38.8. The fraction of sp³-hybridized carbons (Fsp3) is 0.0727. The zero-order valence-corrected chi connectivity index (χ0v) is 36.4. The molecule has 66 heavy (non-hydrogen) atoms. The van der Waals surface area contributed by atoms with Gasteiger partial charge >= 0.3 is 0 Å². The molecule has 0 N–H and O–H groups in total. The minimum atomic E-state index is 0.518. The Hall–Kier alpha value is -8.83. The van der Waals surface area contributed by atoms with Crippen molar-refractivity contribution in [3.63, 3.8) is 0 Å². The summed E-state index contributed by atoms with van der Waals surface area (Å²) in [5.41, 5.74) is 10.7. The first-order valence-electron chi connectivity index (χ1n) is 21.7. The summed E-state index contributed by atoms with van der Waals surface area (Å²) in [4.78, 5) is 43.7. The summed E-state index contributed by atoms with van der Waals surface area (Å²) in [5.74, 6) is 5.48. The summed E-state index contributed by atoms with van der Waals surface area (Å²) in [6.45, 7) is 7.57. The van der Waals surface area contributed by atoms with Crippen LogP contribution in [0.4, 0.5) is 0 Å². The molecule has 0 saturated carbocycles. The lowest BCUT2D eigenvalue weighted by molar-refractivity contribution is 0.669. The third kappa shape index (κ3) is 6.81. The molecule has 0 radical (unpaired) electrons. The van der Waals surface area contributed by atoms with Crippen LogP contribution < -0.4 is 0 Å². The van der Waals surface area contributed by atoms with Crippen LogP contribution in [-0.4, -0.2) is 49.4 Å². The van der Waals surface area contributed by atoms with E-state index in [1.54, 1.807) is 0 Å². The molecule has 0 spiro atoms. The molecule has 11 heteroatoms. The van der Waals surface area contributed by atoms with Crippen LogP contribution in [0, 0.1) is 27.7 Å². The van der Waals surface area contributed by atoms with E-state index in [1.165, 1.54) is 0 Å². The van der Waals surface area contributed by atoms with Crippen molar-refractivity contribution in [3.05, 3.63) is 181 Å². The molecule has 0 saturated heterocycles. The number of furan rings is 1. The normalized spacial score (nSPS) is 11.6. The highest BCUT2D eigenvalue weighted by molar-refractivity contribution is 6.12. The van der Waals surface area contributed by atoms with Crippen LogP contribution in [-0.2, 0) is 0 Å². The molecule has 314 valence electrons. The Morgan fingerprint density at radius 1 is 0.318 bits per heavy atom. The topological polar surface area (TPSA) is 134 Å². The van der Waals surface area contributed by atoms with E-state index < -0.39 is 0 Å². The van der Waals surface area contributed by atoms with Gasteiger partial charge in [-0.25, -0.2) is 44.9 Å². The molecule has 0 unspecified atom stereocenters. The molecule has 0 amide bonds. The number of para-hydroxylation sites is 1. The van der Waals surface area contributed by atoms with Crippen molar-refractivity contribution in [3.8, 4) is 73.8 Å². The van der Waals surface area contributed by atoms with Crippen LogP contribution in [0.25, 0.3) is 117 Å². The van der Waals surface area contributed by atoms with E-state index in [2.05, 4.69) is 87.3 Å². The zero-order valence-electron chi connectivity index (χ0n) is 36.4. The fourth-order valence-corrected chi connectivity index (χ4v) is 8.97. The summed E-state index contributed by atoms with van der Waals surface area (Å²) in [6, 6.07) is 53.9. The first-order chi connectivity index (χ1) is 32.3. The van der Waals surface area contributed by atoms with E-state index >= 15 is 0 Å². The minimum Gasteiger partial charge on any atom is -0.456 e. The van der Waals surface area contributed by atoms with Gasteiger partial charge in [0.15, 0.2) is 29.1 Å². The molecule has 0 fully saturated rings. The molecular formula is C55H38N10O. The largest absolute Gasteiger partial charge is 0.456 e. The molecule has 12 aromatic rings. The van der Waals surface area contributed by atoms with Gasteiger partial charge in [0.25, 0.3) is 0 Å². The summed E-state index contributed by atoms with van der Waals surface area (Å²) >= 11 is 0. The predicted octanol–water partition coefficient (Wildman–Crippen LogP) is 12.5. The van der Waals surface area contributed by atoms with Crippen molar-refractivity contribution < 1.29 is 4.42 Å². The van der Waals surface area contributed by atoms with Crippen molar-refractivity contribution in [1.82, 2.24) is 49.4 Å². The molecule has 12 rings (SSSR count). The Bertz CT molecular complexity index is 3670. The van der Waals surface area contributed by atoms with Crippen LogP contribution in [0.1, 0.15) is 23.3 Å². The number of fused-ring (bicyclic) bond motifs is 6. The van der Waals surface area contributed by atoms with Crippen molar-refractivity contribution in [2.45, 2.75) is 27.7 Å². The number of nitrogens with zero attached hydrogens (tertiary/aromatic N) is 10. The Morgan fingerprint density at radius 2 is 0.773 bits per heavy atom. The van der Waals surface area contributed by atoms with Gasteiger partial charge in [0.05, 0.1) is 16.7 Å². The van der Waals surface area contributed by atoms with Crippen molar-refractivity contribution >= 4 is 43.7 Å². The second-order valence-corrected chi connectivity index (χ2v) is 16.4. The van der Waals surface area contributed by atoms with Gasteiger partial charge < -0.3 is 8.98 Å². The number of rotatable bonds is 7. The van der Waals surface area contributed by atoms with Crippen LogP contribution in [0.3, 0.4) is 0 Å². The van der Waals surface area contributed by atoms with Crippen molar-refractivity contribution in [2.24, 2.45) is 0 Å². The van der Waals surface area contributed by atoms with E-state index in [0.717, 1.165) is 88.4 Å². The highest BCUT2D eigenvalue weighted by Crippen LogP contribution is 2.41. The van der Waals surface area contributed by atoms with Crippen molar-refractivity contribution in [1.29, 1.82) is 0 Å². The molecular weight excluding hydrogens is 817 g/mol. The molecule has 5 aromatic heterocycles. The van der Waals surface area contributed by atoms with Gasteiger partial charge in [-0.05, 0) is 81.3 Å². The molecule has 0 aliphatic carbocycles. The molecule has 5 heterocycles. The molecule has 0 aliphatic rings. The van der Waals surface area contributed by atoms with Crippen LogP contribution >= 0.6 is 0 Å². The highest BCUT2D eigenvalue weighted by atomic mass is 16.3. The Balaban J connectivity index is 1.18. The summed E-state index contributed by atoms with van der Waals surface area (Å²) < 4.78 is 8.54. The zero-order chi connectivity index (χ0) is 44.5. The molecule has 11 nitrogen and oxygen atoms in total. The first-order valence-corrected chi connectivity index (χ1v) is 21.7. The SMILES string of the molecule is Cc1nc(C)nc(-c2ccc3c4ccc(-c5nc(C)nc(C)n5)cc4n(-c4ccc(-c5ccc6oc7ccccc7c6c5)cc4-c4nc(-c5ccccc5)nc(-c5ccccc5)n4)c3c2)n1. The average molecular weight is 855 g/mol. The van der Waals surface area contributed by atoms with Crippen molar-refractivity contribution in [2.75, 3.05) is 0 Å². The lowest BCUT2D eigenvalue weighted by Gasteiger charge is -2.17. The van der Waals surface area contributed by atoms with E-state index in [4.69, 9.17) is 39.3 Å². The number of hydrogen-bond acceptors (Lipinski definition) is 10.